The number of aromatic nitrogens is 1. The highest BCUT2D eigenvalue weighted by atomic mass is 19.4. The molecule has 0 aromatic carbocycles. The van der Waals surface area contributed by atoms with Gasteiger partial charge in [0.2, 0.25) is 0 Å². The third-order valence-corrected chi connectivity index (χ3v) is 5.06. The monoisotopic (exact) mass is 518 g/mol. The molecule has 1 aliphatic heterocycles. The third kappa shape index (κ3) is 12.7. The number of hydrogen-bond acceptors (Lipinski definition) is 6. The van der Waals surface area contributed by atoms with Crippen molar-refractivity contribution in [3.8, 4) is 0 Å². The van der Waals surface area contributed by atoms with Gasteiger partial charge in [-0.2, -0.15) is 26.3 Å². The Bertz CT molecular complexity index is 750. The van der Waals surface area contributed by atoms with E-state index in [0.29, 0.717) is 25.4 Å². The third-order valence-electron chi connectivity index (χ3n) is 5.06. The maximum atomic E-state index is 10.6. The molecule has 35 heavy (non-hydrogen) atoms. The molecule has 2 N–H and O–H groups in total. The summed E-state index contributed by atoms with van der Waals surface area (Å²) < 4.78 is 74.7. The van der Waals surface area contributed by atoms with Gasteiger partial charge in [0.05, 0.1) is 19.3 Å². The molecule has 8 nitrogen and oxygen atoms in total. The molecular formula is C21H28F6N2O6. The lowest BCUT2D eigenvalue weighted by Gasteiger charge is -2.28. The molecule has 0 radical (unpaired) electrons. The van der Waals surface area contributed by atoms with Crippen LogP contribution in [0.1, 0.15) is 24.8 Å². The highest BCUT2D eigenvalue weighted by Crippen LogP contribution is 2.33. The normalized spacial score (nSPS) is 20.3. The molecule has 2 heterocycles. The Kier molecular flexibility index (Phi) is 12.4. The summed E-state index contributed by atoms with van der Waals surface area (Å²) >= 11 is 0. The smallest absolute Gasteiger partial charge is 0.475 e. The lowest BCUT2D eigenvalue weighted by Crippen LogP contribution is -2.39. The van der Waals surface area contributed by atoms with E-state index in [1.165, 1.54) is 31.5 Å². The van der Waals surface area contributed by atoms with Crippen molar-refractivity contribution in [1.82, 2.24) is 9.88 Å². The summed E-state index contributed by atoms with van der Waals surface area (Å²) in [6.45, 7) is 3.79. The predicted octanol–water partition coefficient (Wildman–Crippen LogP) is 3.41. The molecule has 2 aliphatic rings. The van der Waals surface area contributed by atoms with E-state index in [9.17, 15) is 26.3 Å². The van der Waals surface area contributed by atoms with E-state index >= 15 is 0 Å². The Balaban J connectivity index is 0.000000362. The average molecular weight is 518 g/mol. The van der Waals surface area contributed by atoms with Crippen molar-refractivity contribution in [1.29, 1.82) is 0 Å². The largest absolute Gasteiger partial charge is 0.490 e. The molecule has 1 aromatic rings. The summed E-state index contributed by atoms with van der Waals surface area (Å²) in [7, 11) is 1.73. The molecule has 2 atom stereocenters. The van der Waals surface area contributed by atoms with E-state index in [4.69, 9.17) is 29.3 Å². The number of rotatable bonds is 8. The van der Waals surface area contributed by atoms with Gasteiger partial charge in [-0.3, -0.25) is 9.88 Å². The van der Waals surface area contributed by atoms with Gasteiger partial charge in [-0.05, 0) is 43.2 Å². The number of carboxylic acid groups (broad SMARTS) is 2. The average Bonchev–Trinajstić information content (AvgIpc) is 3.51. The summed E-state index contributed by atoms with van der Waals surface area (Å²) in [6, 6.07) is 4.69. The van der Waals surface area contributed by atoms with E-state index in [-0.39, 0.29) is 0 Å². The molecule has 14 heteroatoms. The molecule has 200 valence electrons. The number of aliphatic carboxylic acids is 2. The fourth-order valence-corrected chi connectivity index (χ4v) is 3.24. The Morgan fingerprint density at radius 1 is 1.06 bits per heavy atom. The number of likely N-dealkylation sites (tertiary alicyclic amines) is 1. The van der Waals surface area contributed by atoms with Crippen LogP contribution >= 0.6 is 0 Å². The van der Waals surface area contributed by atoms with Gasteiger partial charge in [0.15, 0.2) is 0 Å². The minimum atomic E-state index is -5.08. The number of halogens is 6. The second kappa shape index (κ2) is 14.2. The lowest BCUT2D eigenvalue weighted by molar-refractivity contribution is -0.193. The van der Waals surface area contributed by atoms with Crippen LogP contribution in [-0.4, -0.2) is 89.9 Å². The summed E-state index contributed by atoms with van der Waals surface area (Å²) in [5, 5.41) is 14.2. The molecule has 2 fully saturated rings. The minimum absolute atomic E-state index is 0.333. The molecule has 1 saturated carbocycles. The second-order valence-electron chi connectivity index (χ2n) is 7.87. The van der Waals surface area contributed by atoms with Crippen molar-refractivity contribution in [2.75, 3.05) is 33.4 Å². The second-order valence-corrected chi connectivity index (χ2v) is 7.87. The van der Waals surface area contributed by atoms with Gasteiger partial charge in [0.25, 0.3) is 0 Å². The van der Waals surface area contributed by atoms with E-state index < -0.39 is 24.3 Å². The SMILES string of the molecule is COCCO[C@H]1CCN(CC2CC2)[C@H]1Cc1cccnc1.O=C(O)C(F)(F)F.O=C(O)C(F)(F)F. The standard InChI is InChI=1S/C17H26N2O2.2C2HF3O2/c1-20-9-10-21-17-6-8-19(13-14-4-5-14)16(17)11-15-3-2-7-18-12-15;2*3-2(4,5)1(6)7/h2-3,7,12,14,16-17H,4-6,8-11,13H2,1H3;2*(H,6,7)/t16-,17-;;/m0../s1. The number of alkyl halides is 6. The Hall–Kier alpha value is -2.45. The van der Waals surface area contributed by atoms with Crippen molar-refractivity contribution in [2.24, 2.45) is 5.92 Å². The minimum Gasteiger partial charge on any atom is -0.475 e. The summed E-state index contributed by atoms with van der Waals surface area (Å²) in [5.41, 5.74) is 1.31. The van der Waals surface area contributed by atoms with Crippen LogP contribution in [0.3, 0.4) is 0 Å². The molecule has 0 amide bonds. The van der Waals surface area contributed by atoms with Crippen LogP contribution in [0.5, 0.6) is 0 Å². The number of ether oxygens (including phenoxy) is 2. The fourth-order valence-electron chi connectivity index (χ4n) is 3.24. The zero-order chi connectivity index (χ0) is 26.6. The van der Waals surface area contributed by atoms with Crippen LogP contribution < -0.4 is 0 Å². The maximum Gasteiger partial charge on any atom is 0.490 e. The van der Waals surface area contributed by atoms with Crippen molar-refractivity contribution in [3.63, 3.8) is 0 Å². The zero-order valence-corrected chi connectivity index (χ0v) is 18.9. The van der Waals surface area contributed by atoms with Gasteiger partial charge in [-0.25, -0.2) is 9.59 Å². The Morgan fingerprint density at radius 3 is 2.06 bits per heavy atom. The molecule has 0 bridgehead atoms. The van der Waals surface area contributed by atoms with Crippen molar-refractivity contribution >= 4 is 11.9 Å². The first kappa shape index (κ1) is 30.6. The fraction of sp³-hybridized carbons (Fsp3) is 0.667. The van der Waals surface area contributed by atoms with Crippen LogP contribution in [0.15, 0.2) is 24.5 Å². The van der Waals surface area contributed by atoms with Gasteiger partial charge in [0.1, 0.15) is 0 Å². The van der Waals surface area contributed by atoms with Crippen LogP contribution in [0.2, 0.25) is 0 Å². The Labute approximate surface area is 197 Å². The first-order chi connectivity index (χ1) is 16.3. The van der Waals surface area contributed by atoms with Crippen LogP contribution in [0.4, 0.5) is 26.3 Å². The number of methoxy groups -OCH3 is 1. The number of nitrogens with zero attached hydrogens (tertiary/aromatic N) is 2. The number of carboxylic acids is 2. The van der Waals surface area contributed by atoms with Gasteiger partial charge in [0, 0.05) is 38.6 Å². The number of pyridine rings is 1. The van der Waals surface area contributed by atoms with Gasteiger partial charge in [-0.15, -0.1) is 0 Å². The van der Waals surface area contributed by atoms with E-state index in [1.807, 2.05) is 18.5 Å². The van der Waals surface area contributed by atoms with Crippen molar-refractivity contribution < 1.29 is 55.6 Å². The predicted molar refractivity (Wildman–Crippen MR) is 110 cm³/mol. The maximum absolute atomic E-state index is 10.6. The van der Waals surface area contributed by atoms with Gasteiger partial charge >= 0.3 is 24.3 Å². The van der Waals surface area contributed by atoms with Crippen molar-refractivity contribution in [2.45, 2.75) is 50.2 Å². The lowest BCUT2D eigenvalue weighted by atomic mass is 10.0. The summed E-state index contributed by atoms with van der Waals surface area (Å²) in [5.74, 6) is -4.58. The first-order valence-corrected chi connectivity index (χ1v) is 10.6. The molecule has 0 unspecified atom stereocenters. The highest BCUT2D eigenvalue weighted by Gasteiger charge is 2.39. The molecule has 1 aliphatic carbocycles. The Morgan fingerprint density at radius 2 is 1.63 bits per heavy atom. The van der Waals surface area contributed by atoms with Gasteiger partial charge < -0.3 is 19.7 Å². The van der Waals surface area contributed by atoms with E-state index in [1.54, 1.807) is 7.11 Å². The molecule has 3 rings (SSSR count). The quantitative estimate of drug-likeness (QED) is 0.398. The summed E-state index contributed by atoms with van der Waals surface area (Å²) in [6.07, 6.45) is -1.01. The topological polar surface area (TPSA) is 109 Å². The van der Waals surface area contributed by atoms with Crippen LogP contribution in [0.25, 0.3) is 0 Å². The molecular weight excluding hydrogens is 490 g/mol. The molecule has 0 spiro atoms. The molecule has 1 aromatic heterocycles. The zero-order valence-electron chi connectivity index (χ0n) is 18.9. The van der Waals surface area contributed by atoms with E-state index in [0.717, 1.165) is 18.8 Å². The van der Waals surface area contributed by atoms with Gasteiger partial charge in [-0.1, -0.05) is 6.07 Å². The van der Waals surface area contributed by atoms with Crippen LogP contribution in [-0.2, 0) is 25.5 Å². The first-order valence-electron chi connectivity index (χ1n) is 10.6. The molecule has 1 saturated heterocycles. The number of hydrogen-bond donors (Lipinski definition) is 2. The van der Waals surface area contributed by atoms with Crippen LogP contribution in [0, 0.1) is 5.92 Å². The highest BCUT2D eigenvalue weighted by molar-refractivity contribution is 5.73. The summed E-state index contributed by atoms with van der Waals surface area (Å²) in [4.78, 5) is 24.7. The van der Waals surface area contributed by atoms with Crippen molar-refractivity contribution in [3.05, 3.63) is 30.1 Å². The number of carbonyl (C=O) groups is 2. The van der Waals surface area contributed by atoms with E-state index in [2.05, 4.69) is 16.0 Å².